The summed E-state index contributed by atoms with van der Waals surface area (Å²) < 4.78 is 17.3. The van der Waals surface area contributed by atoms with E-state index in [0.29, 0.717) is 58.0 Å². The van der Waals surface area contributed by atoms with E-state index in [2.05, 4.69) is 25.9 Å². The van der Waals surface area contributed by atoms with Crippen molar-refractivity contribution in [2.24, 2.45) is 5.41 Å². The van der Waals surface area contributed by atoms with Crippen molar-refractivity contribution in [1.82, 2.24) is 25.5 Å². The Kier molecular flexibility index (Phi) is 15.1. The van der Waals surface area contributed by atoms with Gasteiger partial charge in [-0.2, -0.15) is 0 Å². The highest BCUT2D eigenvalue weighted by Crippen LogP contribution is 2.40. The highest BCUT2D eigenvalue weighted by molar-refractivity contribution is 7.13. The first-order chi connectivity index (χ1) is 28.7. The maximum atomic E-state index is 14.0. The molecule has 5 aromatic rings. The summed E-state index contributed by atoms with van der Waals surface area (Å²) in [5.74, 6) is 0.285. The summed E-state index contributed by atoms with van der Waals surface area (Å²) in [5, 5.41) is 21.4. The first-order valence-corrected chi connectivity index (χ1v) is 21.7. The lowest BCUT2D eigenvalue weighted by Gasteiger charge is -2.35. The summed E-state index contributed by atoms with van der Waals surface area (Å²) in [7, 11) is 1.52. The van der Waals surface area contributed by atoms with Crippen LogP contribution in [0.2, 0.25) is 10.0 Å². The van der Waals surface area contributed by atoms with E-state index < -0.39 is 29.2 Å². The third-order valence-electron chi connectivity index (χ3n) is 10.5. The Hall–Kier alpha value is -4.73. The summed E-state index contributed by atoms with van der Waals surface area (Å²) in [6.07, 6.45) is 6.68. The number of amides is 2. The molecule has 1 fully saturated rings. The Morgan fingerprint density at radius 2 is 1.77 bits per heavy atom. The molecular weight excluding hydrogens is 827 g/mol. The van der Waals surface area contributed by atoms with E-state index in [1.54, 1.807) is 23.5 Å². The van der Waals surface area contributed by atoms with Gasteiger partial charge >= 0.3 is 5.63 Å². The number of aliphatic hydroxyl groups excluding tert-OH is 1. The molecule has 0 aliphatic carbocycles. The Morgan fingerprint density at radius 1 is 1.05 bits per heavy atom. The molecule has 6 rings (SSSR count). The molecule has 1 saturated heterocycles. The molecule has 0 saturated carbocycles. The van der Waals surface area contributed by atoms with Crippen LogP contribution in [0.25, 0.3) is 21.4 Å². The SMILES string of the molecule is COc1ccc2c(Nc3c(Cl)cncc3Cl)cc(=O)oc2c1OCCCCCCCN[C@H](C(=O)N1C[C@H](O)C[C@H]1C(=O)NCc1ccc(-c2scnc2C)cc1)C(C)(C)C. The number of hydrogen-bond donors (Lipinski definition) is 4. The maximum Gasteiger partial charge on any atom is 0.338 e. The van der Waals surface area contributed by atoms with Gasteiger partial charge in [0, 0.05) is 43.4 Å². The number of pyridine rings is 1. The van der Waals surface area contributed by atoms with Crippen LogP contribution in [-0.4, -0.2) is 76.8 Å². The van der Waals surface area contributed by atoms with Crippen LogP contribution in [0.5, 0.6) is 11.5 Å². The number of anilines is 2. The molecular formula is C44H52Cl2N6O7S. The quantitative estimate of drug-likeness (QED) is 0.0494. The molecule has 1 aliphatic rings. The van der Waals surface area contributed by atoms with E-state index in [1.165, 1.54) is 30.5 Å². The number of hydrogen-bond acceptors (Lipinski definition) is 12. The monoisotopic (exact) mass is 878 g/mol. The van der Waals surface area contributed by atoms with Crippen LogP contribution in [0.4, 0.5) is 11.4 Å². The molecule has 16 heteroatoms. The van der Waals surface area contributed by atoms with Crippen LogP contribution in [0.3, 0.4) is 0 Å². The number of carbonyl (C=O) groups is 2. The molecule has 0 radical (unpaired) electrons. The zero-order valence-electron chi connectivity index (χ0n) is 34.5. The number of β-amino-alcohol motifs (C(OH)–C–C–N with tert-alkyl or cyclic N) is 1. The third-order valence-corrected chi connectivity index (χ3v) is 12.0. The minimum atomic E-state index is -0.775. The number of unbranched alkanes of at least 4 members (excludes halogenated alkanes) is 4. The van der Waals surface area contributed by atoms with Crippen molar-refractivity contribution in [2.45, 2.75) is 91.0 Å². The summed E-state index contributed by atoms with van der Waals surface area (Å²) in [6, 6.07) is 11.5. The summed E-state index contributed by atoms with van der Waals surface area (Å²) in [5.41, 5.74) is 4.89. The van der Waals surface area contributed by atoms with E-state index in [9.17, 15) is 19.5 Å². The number of aryl methyl sites for hydroxylation is 1. The second-order valence-corrected chi connectivity index (χ2v) is 17.7. The van der Waals surface area contributed by atoms with Crippen LogP contribution in [0, 0.1) is 12.3 Å². The zero-order chi connectivity index (χ0) is 43.0. The van der Waals surface area contributed by atoms with Crippen molar-refractivity contribution in [3.63, 3.8) is 0 Å². The van der Waals surface area contributed by atoms with E-state index in [0.717, 1.165) is 53.8 Å². The fourth-order valence-corrected chi connectivity index (χ4v) is 8.59. The van der Waals surface area contributed by atoms with Crippen molar-refractivity contribution in [3.05, 3.63) is 92.1 Å². The van der Waals surface area contributed by atoms with Crippen molar-refractivity contribution in [2.75, 3.05) is 32.1 Å². The van der Waals surface area contributed by atoms with E-state index in [1.807, 2.05) is 57.5 Å². The van der Waals surface area contributed by atoms with E-state index in [4.69, 9.17) is 37.1 Å². The number of aromatic nitrogens is 2. The predicted molar refractivity (Wildman–Crippen MR) is 237 cm³/mol. The normalized spacial score (nSPS) is 15.9. The molecule has 2 amide bonds. The standard InChI is InChI=1S/C44H52Cl2N6O7S/c1-26-40(60-25-50-26)28-13-11-27(12-14-28)21-49-42(55)34-19-29(53)24-52(34)43(56)41(44(2,3)4)48-17-9-7-6-8-10-18-58-39-35(57-5)16-15-30-33(20-36(54)59-38(30)39)51-37-31(45)22-47-23-32(37)46/h11-16,20,22-23,25,29,34,41,48,53H,6-10,17-19,21,24H2,1-5H3,(H,47,51)(H,49,55)/t29-,34+,41-/m1/s1. The van der Waals surface area contributed by atoms with Gasteiger partial charge in [0.05, 0.1) is 63.4 Å². The minimum absolute atomic E-state index is 0.111. The lowest BCUT2D eigenvalue weighted by atomic mass is 9.85. The number of ether oxygens (including phenoxy) is 2. The zero-order valence-corrected chi connectivity index (χ0v) is 36.8. The Labute approximate surface area is 363 Å². The van der Waals surface area contributed by atoms with Crippen molar-refractivity contribution in [3.8, 4) is 21.9 Å². The van der Waals surface area contributed by atoms with Gasteiger partial charge < -0.3 is 39.8 Å². The van der Waals surface area contributed by atoms with Crippen molar-refractivity contribution in [1.29, 1.82) is 0 Å². The van der Waals surface area contributed by atoms with Gasteiger partial charge in [0.2, 0.25) is 17.6 Å². The minimum Gasteiger partial charge on any atom is -0.493 e. The van der Waals surface area contributed by atoms with Crippen molar-refractivity contribution >= 4 is 68.7 Å². The van der Waals surface area contributed by atoms with Gasteiger partial charge in [0.15, 0.2) is 11.3 Å². The molecule has 60 heavy (non-hydrogen) atoms. The molecule has 13 nitrogen and oxygen atoms in total. The number of likely N-dealkylation sites (tertiary alicyclic amines) is 1. The molecule has 1 aliphatic heterocycles. The largest absolute Gasteiger partial charge is 0.493 e. The van der Waals surface area contributed by atoms with Gasteiger partial charge in [-0.1, -0.05) is 87.5 Å². The molecule has 2 aromatic carbocycles. The summed E-state index contributed by atoms with van der Waals surface area (Å²) in [6.45, 7) is 9.40. The number of nitrogens with one attached hydrogen (secondary N) is 3. The number of thiazole rings is 1. The lowest BCUT2D eigenvalue weighted by Crippen LogP contribution is -2.56. The van der Waals surface area contributed by atoms with Crippen LogP contribution in [0.15, 0.2) is 69.6 Å². The van der Waals surface area contributed by atoms with Gasteiger partial charge in [-0.15, -0.1) is 11.3 Å². The number of halogens is 2. The number of benzene rings is 2. The van der Waals surface area contributed by atoms with E-state index in [-0.39, 0.29) is 30.4 Å². The predicted octanol–water partition coefficient (Wildman–Crippen LogP) is 8.29. The first-order valence-electron chi connectivity index (χ1n) is 20.1. The molecule has 320 valence electrons. The smallest absolute Gasteiger partial charge is 0.338 e. The average molecular weight is 880 g/mol. The van der Waals surface area contributed by atoms with Gasteiger partial charge in [-0.05, 0) is 55.0 Å². The summed E-state index contributed by atoms with van der Waals surface area (Å²) in [4.78, 5) is 51.1. The molecule has 0 unspecified atom stereocenters. The van der Waals surface area contributed by atoms with Gasteiger partial charge in [-0.3, -0.25) is 14.6 Å². The molecule has 0 spiro atoms. The van der Waals surface area contributed by atoms with Gasteiger partial charge in [0.1, 0.15) is 6.04 Å². The van der Waals surface area contributed by atoms with Gasteiger partial charge in [-0.25, -0.2) is 9.78 Å². The maximum absolute atomic E-state index is 14.0. The second-order valence-electron chi connectivity index (χ2n) is 16.0. The number of carbonyl (C=O) groups excluding carboxylic acids is 2. The molecule has 3 atom stereocenters. The van der Waals surface area contributed by atoms with Crippen LogP contribution in [-0.2, 0) is 16.1 Å². The highest BCUT2D eigenvalue weighted by Gasteiger charge is 2.43. The molecule has 4 heterocycles. The fraction of sp³-hybridized carbons (Fsp3) is 0.432. The number of aliphatic hydroxyl groups is 1. The topological polar surface area (TPSA) is 168 Å². The number of rotatable bonds is 18. The van der Waals surface area contributed by atoms with Crippen LogP contribution < -0.4 is 31.0 Å². The third kappa shape index (κ3) is 11.0. The molecule has 4 N–H and O–H groups in total. The van der Waals surface area contributed by atoms with Crippen LogP contribution >= 0.6 is 34.5 Å². The average Bonchev–Trinajstić information content (AvgIpc) is 3.83. The molecule has 0 bridgehead atoms. The van der Waals surface area contributed by atoms with Crippen LogP contribution in [0.1, 0.15) is 70.6 Å². The number of fused-ring (bicyclic) bond motifs is 1. The van der Waals surface area contributed by atoms with E-state index >= 15 is 0 Å². The lowest BCUT2D eigenvalue weighted by molar-refractivity contribution is -0.142. The number of methoxy groups -OCH3 is 1. The van der Waals surface area contributed by atoms with Crippen molar-refractivity contribution < 1.29 is 28.6 Å². The highest BCUT2D eigenvalue weighted by atomic mass is 35.5. The Bertz CT molecular complexity index is 2310. The second kappa shape index (κ2) is 20.2. The van der Waals surface area contributed by atoms with Gasteiger partial charge in [0.25, 0.3) is 0 Å². The number of nitrogens with zero attached hydrogens (tertiary/aromatic N) is 3. The first kappa shape index (κ1) is 44.8. The Morgan fingerprint density at radius 3 is 2.45 bits per heavy atom. The fourth-order valence-electron chi connectivity index (χ4n) is 7.32. The Balaban J connectivity index is 0.966. The molecule has 3 aromatic heterocycles. The summed E-state index contributed by atoms with van der Waals surface area (Å²) >= 11 is 14.2.